The molecule has 1 aromatic heterocycles. The van der Waals surface area contributed by atoms with Gasteiger partial charge in [0.05, 0.1) is 6.61 Å². The molecule has 0 fully saturated rings. The van der Waals surface area contributed by atoms with Crippen molar-refractivity contribution in [3.63, 3.8) is 0 Å². The summed E-state index contributed by atoms with van der Waals surface area (Å²) in [6.45, 7) is 0.610. The second-order valence-electron chi connectivity index (χ2n) is 2.94. The molecule has 1 N–H and O–H groups in total. The van der Waals surface area contributed by atoms with Crippen molar-refractivity contribution < 1.29 is 14.5 Å². The number of nitrogens with zero attached hydrogens (tertiary/aromatic N) is 4. The molecule has 0 aliphatic carbocycles. The first-order valence-electron chi connectivity index (χ1n) is 4.55. The van der Waals surface area contributed by atoms with E-state index in [-0.39, 0.29) is 17.2 Å². The van der Waals surface area contributed by atoms with E-state index in [9.17, 15) is 14.9 Å². The maximum absolute atomic E-state index is 11.4. The summed E-state index contributed by atoms with van der Waals surface area (Å²) in [4.78, 5) is 24.6. The number of hydrogen-bond acceptors (Lipinski definition) is 6. The van der Waals surface area contributed by atoms with Gasteiger partial charge in [0.2, 0.25) is 5.91 Å². The third kappa shape index (κ3) is 4.07. The highest BCUT2D eigenvalue weighted by Crippen LogP contribution is 2.11. The Bertz CT molecular complexity index is 420. The number of ether oxygens (including phenoxy) is 1. The molecule has 10 heteroatoms. The van der Waals surface area contributed by atoms with Crippen molar-refractivity contribution in [2.45, 2.75) is 6.54 Å². The fourth-order valence-electron chi connectivity index (χ4n) is 0.974. The molecule has 94 valence electrons. The van der Waals surface area contributed by atoms with E-state index in [2.05, 4.69) is 31.3 Å². The van der Waals surface area contributed by atoms with E-state index in [0.717, 1.165) is 4.68 Å². The Morgan fingerprint density at radius 1 is 1.71 bits per heavy atom. The van der Waals surface area contributed by atoms with E-state index < -0.39 is 10.9 Å². The lowest BCUT2D eigenvalue weighted by atomic mass is 10.5. The van der Waals surface area contributed by atoms with E-state index in [1.54, 1.807) is 0 Å². The summed E-state index contributed by atoms with van der Waals surface area (Å²) in [5, 5.41) is 16.5. The van der Waals surface area contributed by atoms with Crippen LogP contribution in [0.5, 0.6) is 0 Å². The molecule has 0 aromatic carbocycles. The van der Waals surface area contributed by atoms with Crippen molar-refractivity contribution in [1.29, 1.82) is 0 Å². The van der Waals surface area contributed by atoms with Crippen LogP contribution < -0.4 is 5.32 Å². The molecule has 17 heavy (non-hydrogen) atoms. The van der Waals surface area contributed by atoms with E-state index in [1.165, 1.54) is 7.11 Å². The van der Waals surface area contributed by atoms with Gasteiger partial charge in [-0.1, -0.05) is 0 Å². The highest BCUT2D eigenvalue weighted by Gasteiger charge is 2.20. The number of amides is 1. The first-order chi connectivity index (χ1) is 8.04. The average molecular weight is 308 g/mol. The van der Waals surface area contributed by atoms with Crippen LogP contribution in [0.1, 0.15) is 0 Å². The van der Waals surface area contributed by atoms with Crippen LogP contribution in [0, 0.1) is 10.1 Å². The molecule has 1 rings (SSSR count). The van der Waals surface area contributed by atoms with Crippen LogP contribution in [0.2, 0.25) is 0 Å². The molecule has 0 unspecified atom stereocenters. The zero-order valence-corrected chi connectivity index (χ0v) is 10.5. The van der Waals surface area contributed by atoms with Crippen molar-refractivity contribution in [2.24, 2.45) is 0 Å². The lowest BCUT2D eigenvalue weighted by Crippen LogP contribution is -2.30. The Morgan fingerprint density at radius 2 is 2.41 bits per heavy atom. The van der Waals surface area contributed by atoms with Gasteiger partial charge in [-0.15, -0.1) is 0 Å². The number of nitrogens with one attached hydrogen (secondary N) is 1. The summed E-state index contributed by atoms with van der Waals surface area (Å²) in [6, 6.07) is 0. The molecule has 0 spiro atoms. The fourth-order valence-corrected chi connectivity index (χ4v) is 1.34. The van der Waals surface area contributed by atoms with Crippen LogP contribution in [0.15, 0.2) is 4.73 Å². The van der Waals surface area contributed by atoms with Crippen LogP contribution in [0.3, 0.4) is 0 Å². The number of hydrogen-bond donors (Lipinski definition) is 1. The van der Waals surface area contributed by atoms with Crippen LogP contribution in [0.25, 0.3) is 0 Å². The molecule has 9 nitrogen and oxygen atoms in total. The second-order valence-corrected chi connectivity index (χ2v) is 3.65. The molecule has 0 aliphatic heterocycles. The van der Waals surface area contributed by atoms with Crippen LogP contribution in [-0.4, -0.2) is 45.9 Å². The lowest BCUT2D eigenvalue weighted by molar-refractivity contribution is -0.394. The van der Waals surface area contributed by atoms with Gasteiger partial charge in [-0.05, 0) is 9.91 Å². The van der Waals surface area contributed by atoms with Crippen molar-refractivity contribution >= 4 is 27.8 Å². The Labute approximate surface area is 104 Å². The molecular weight excluding hydrogens is 298 g/mol. The van der Waals surface area contributed by atoms with Gasteiger partial charge in [0, 0.05) is 34.7 Å². The first kappa shape index (κ1) is 13.5. The van der Waals surface area contributed by atoms with E-state index in [0.29, 0.717) is 13.2 Å². The van der Waals surface area contributed by atoms with Gasteiger partial charge in [-0.3, -0.25) is 4.79 Å². The Hall–Kier alpha value is -1.55. The number of aromatic nitrogens is 3. The number of methoxy groups -OCH3 is 1. The highest BCUT2D eigenvalue weighted by atomic mass is 79.9. The zero-order chi connectivity index (χ0) is 12.8. The standard InChI is InChI=1S/C7H10BrN5O4/c1-17-3-2-9-5(14)4-12-6(8)10-7(11-12)13(15)16/h2-4H2,1H3,(H,9,14). The van der Waals surface area contributed by atoms with Gasteiger partial charge in [0.1, 0.15) is 6.54 Å². The monoisotopic (exact) mass is 307 g/mol. The van der Waals surface area contributed by atoms with Crippen molar-refractivity contribution in [1.82, 2.24) is 20.1 Å². The molecule has 0 saturated carbocycles. The largest absolute Gasteiger partial charge is 0.492 e. The minimum Gasteiger partial charge on any atom is -0.390 e. The normalized spacial score (nSPS) is 10.2. The van der Waals surface area contributed by atoms with Gasteiger partial charge >= 0.3 is 5.95 Å². The topological polar surface area (TPSA) is 112 Å². The van der Waals surface area contributed by atoms with Crippen LogP contribution in [0.4, 0.5) is 5.95 Å². The molecule has 0 atom stereocenters. The van der Waals surface area contributed by atoms with Gasteiger partial charge in [-0.25, -0.2) is 0 Å². The Balaban J connectivity index is 2.56. The Morgan fingerprint density at radius 3 is 2.94 bits per heavy atom. The number of nitro groups is 1. The molecule has 1 heterocycles. The van der Waals surface area contributed by atoms with E-state index >= 15 is 0 Å². The summed E-state index contributed by atoms with van der Waals surface area (Å²) < 4.78 is 5.98. The Kier molecular flexibility index (Phi) is 4.97. The minimum absolute atomic E-state index is 0.131. The van der Waals surface area contributed by atoms with E-state index in [1.807, 2.05) is 0 Å². The first-order valence-corrected chi connectivity index (χ1v) is 5.34. The average Bonchev–Trinajstić information content (AvgIpc) is 2.61. The van der Waals surface area contributed by atoms with Crippen LogP contribution >= 0.6 is 15.9 Å². The summed E-state index contributed by atoms with van der Waals surface area (Å²) in [5.41, 5.74) is 0. The lowest BCUT2D eigenvalue weighted by Gasteiger charge is -2.02. The number of carbonyl (C=O) groups is 1. The predicted octanol–water partition coefficient (Wildman–Crippen LogP) is -0.289. The molecule has 0 saturated heterocycles. The molecule has 0 bridgehead atoms. The van der Waals surface area contributed by atoms with Crippen molar-refractivity contribution in [2.75, 3.05) is 20.3 Å². The van der Waals surface area contributed by atoms with Gasteiger partial charge in [-0.2, -0.15) is 4.68 Å². The van der Waals surface area contributed by atoms with E-state index in [4.69, 9.17) is 4.74 Å². The molecule has 0 aliphatic rings. The summed E-state index contributed by atoms with van der Waals surface area (Å²) in [7, 11) is 1.52. The highest BCUT2D eigenvalue weighted by molar-refractivity contribution is 9.10. The fraction of sp³-hybridized carbons (Fsp3) is 0.571. The SMILES string of the molecule is COCCNC(=O)Cn1nc([N+](=O)[O-])nc1Br. The summed E-state index contributed by atoms with van der Waals surface area (Å²) >= 11 is 2.98. The predicted molar refractivity (Wildman–Crippen MR) is 59.3 cm³/mol. The van der Waals surface area contributed by atoms with Gasteiger partial charge < -0.3 is 20.2 Å². The second kappa shape index (κ2) is 6.25. The maximum atomic E-state index is 11.4. The molecule has 1 amide bonds. The van der Waals surface area contributed by atoms with Gasteiger partial charge in [0.15, 0.2) is 0 Å². The van der Waals surface area contributed by atoms with Crippen molar-refractivity contribution in [3.8, 4) is 0 Å². The third-order valence-electron chi connectivity index (χ3n) is 1.70. The van der Waals surface area contributed by atoms with Gasteiger partial charge in [0.25, 0.3) is 4.73 Å². The zero-order valence-electron chi connectivity index (χ0n) is 8.92. The smallest absolute Gasteiger partial charge is 0.390 e. The number of halogens is 1. The van der Waals surface area contributed by atoms with Crippen LogP contribution in [-0.2, 0) is 16.1 Å². The molecule has 0 radical (unpaired) electrons. The molecule has 1 aromatic rings. The molecular formula is C7H10BrN5O4. The van der Waals surface area contributed by atoms with Crippen molar-refractivity contribution in [3.05, 3.63) is 14.8 Å². The number of rotatable bonds is 6. The maximum Gasteiger partial charge on any atom is 0.492 e. The minimum atomic E-state index is -0.732. The summed E-state index contributed by atoms with van der Waals surface area (Å²) in [5.74, 6) is -0.885. The quantitative estimate of drug-likeness (QED) is 0.439. The number of carbonyl (C=O) groups excluding carboxylic acids is 1. The third-order valence-corrected chi connectivity index (χ3v) is 2.29. The summed E-state index contributed by atoms with van der Waals surface area (Å²) in [6.07, 6.45) is 0.